The molecule has 140 valence electrons. The molecule has 0 saturated carbocycles. The van der Waals surface area contributed by atoms with Crippen LogP contribution in [0.3, 0.4) is 0 Å². The number of rotatable bonds is 4. The van der Waals surface area contributed by atoms with Crippen LogP contribution in [-0.4, -0.2) is 46.8 Å². The fourth-order valence-electron chi connectivity index (χ4n) is 2.65. The average molecular weight is 395 g/mol. The minimum atomic E-state index is -3.11. The highest BCUT2D eigenvalue weighted by Gasteiger charge is 2.47. The van der Waals surface area contributed by atoms with Crippen molar-refractivity contribution < 1.29 is 22.8 Å². The molecule has 1 fully saturated rings. The Bertz CT molecular complexity index is 908. The molecule has 1 aliphatic rings. The number of halogens is 3. The number of nitriles is 1. The summed E-state index contributed by atoms with van der Waals surface area (Å²) in [6.45, 7) is -1.37. The first-order valence-electron chi connectivity index (χ1n) is 7.86. The molecule has 0 bridgehead atoms. The van der Waals surface area contributed by atoms with E-state index in [0.29, 0.717) is 10.6 Å². The monoisotopic (exact) mass is 394 g/mol. The summed E-state index contributed by atoms with van der Waals surface area (Å²) in [6, 6.07) is 7.05. The number of amides is 2. The molecule has 2 heterocycles. The Labute approximate surface area is 157 Å². The largest absolute Gasteiger partial charge is 0.444 e. The fraction of sp³-hybridized carbons (Fsp3) is 0.294. The second-order valence-corrected chi connectivity index (χ2v) is 6.39. The number of oxazole rings is 1. The molecule has 0 radical (unpaired) electrons. The summed E-state index contributed by atoms with van der Waals surface area (Å²) >= 11 is 5.80. The lowest BCUT2D eigenvalue weighted by molar-refractivity contribution is -0.131. The maximum absolute atomic E-state index is 13.4. The maximum Gasteiger partial charge on any atom is 0.273 e. The number of aromatic nitrogens is 1. The third kappa shape index (κ3) is 4.23. The zero-order chi connectivity index (χ0) is 19.6. The van der Waals surface area contributed by atoms with E-state index in [-0.39, 0.29) is 11.6 Å². The first kappa shape index (κ1) is 18.8. The Morgan fingerprint density at radius 3 is 2.78 bits per heavy atom. The lowest BCUT2D eigenvalue weighted by Crippen LogP contribution is -2.43. The first-order valence-corrected chi connectivity index (χ1v) is 8.23. The lowest BCUT2D eigenvalue weighted by atomic mass is 10.2. The molecule has 1 atom stereocenters. The van der Waals surface area contributed by atoms with Gasteiger partial charge >= 0.3 is 0 Å². The molecule has 1 aliphatic heterocycles. The third-order valence-corrected chi connectivity index (χ3v) is 4.22. The summed E-state index contributed by atoms with van der Waals surface area (Å²) in [5.41, 5.74) is 0.530. The minimum Gasteiger partial charge on any atom is -0.444 e. The van der Waals surface area contributed by atoms with Crippen molar-refractivity contribution in [2.24, 2.45) is 0 Å². The van der Waals surface area contributed by atoms with Crippen LogP contribution < -0.4 is 5.32 Å². The molecule has 2 amide bonds. The van der Waals surface area contributed by atoms with Gasteiger partial charge in [0, 0.05) is 17.0 Å². The van der Waals surface area contributed by atoms with Gasteiger partial charge in [-0.25, -0.2) is 13.8 Å². The molecule has 1 saturated heterocycles. The molecule has 1 aromatic carbocycles. The number of hydrogen-bond donors (Lipinski definition) is 1. The molecule has 2 aromatic rings. The minimum absolute atomic E-state index is 0.0728. The molecular formula is C17H13ClF2N4O3. The van der Waals surface area contributed by atoms with E-state index in [0.717, 1.165) is 11.2 Å². The zero-order valence-corrected chi connectivity index (χ0v) is 14.5. The summed E-state index contributed by atoms with van der Waals surface area (Å²) in [5, 5.41) is 11.7. The highest BCUT2D eigenvalue weighted by molar-refractivity contribution is 6.30. The molecule has 10 heteroatoms. The van der Waals surface area contributed by atoms with Crippen molar-refractivity contribution >= 4 is 23.4 Å². The number of hydrogen-bond acceptors (Lipinski definition) is 5. The Balaban J connectivity index is 1.61. The van der Waals surface area contributed by atoms with Gasteiger partial charge in [-0.05, 0) is 24.3 Å². The van der Waals surface area contributed by atoms with Crippen LogP contribution >= 0.6 is 11.6 Å². The second kappa shape index (κ2) is 7.32. The van der Waals surface area contributed by atoms with E-state index in [1.165, 1.54) is 0 Å². The van der Waals surface area contributed by atoms with E-state index >= 15 is 0 Å². The molecule has 1 N–H and O–H groups in total. The van der Waals surface area contributed by atoms with Gasteiger partial charge in [0.2, 0.25) is 11.8 Å². The van der Waals surface area contributed by atoms with E-state index in [1.807, 2.05) is 0 Å². The van der Waals surface area contributed by atoms with Crippen LogP contribution in [0.2, 0.25) is 5.02 Å². The predicted molar refractivity (Wildman–Crippen MR) is 90.0 cm³/mol. The Kier molecular flexibility index (Phi) is 5.10. The number of nitrogens with zero attached hydrogens (tertiary/aromatic N) is 3. The van der Waals surface area contributed by atoms with E-state index < -0.39 is 43.3 Å². The van der Waals surface area contributed by atoms with Crippen LogP contribution in [0.15, 0.2) is 34.9 Å². The summed E-state index contributed by atoms with van der Waals surface area (Å²) in [6.07, 6.45) is 0.406. The van der Waals surface area contributed by atoms with Gasteiger partial charge in [-0.1, -0.05) is 11.6 Å². The van der Waals surface area contributed by atoms with Gasteiger partial charge in [-0.15, -0.1) is 0 Å². The van der Waals surface area contributed by atoms with E-state index in [9.17, 15) is 18.4 Å². The molecule has 0 aliphatic carbocycles. The van der Waals surface area contributed by atoms with E-state index in [2.05, 4.69) is 10.3 Å². The van der Waals surface area contributed by atoms with Gasteiger partial charge < -0.3 is 14.6 Å². The summed E-state index contributed by atoms with van der Waals surface area (Å²) in [5.74, 6) is -4.40. The number of carbonyl (C=O) groups excluding carboxylic acids is 2. The summed E-state index contributed by atoms with van der Waals surface area (Å²) in [4.78, 5) is 29.0. The van der Waals surface area contributed by atoms with Crippen molar-refractivity contribution in [3.05, 3.63) is 41.2 Å². The van der Waals surface area contributed by atoms with Gasteiger partial charge in [0.1, 0.15) is 12.3 Å². The van der Waals surface area contributed by atoms with Crippen molar-refractivity contribution in [1.29, 1.82) is 5.26 Å². The molecule has 3 rings (SSSR count). The van der Waals surface area contributed by atoms with E-state index in [4.69, 9.17) is 21.3 Å². The molecular weight excluding hydrogens is 382 g/mol. The van der Waals surface area contributed by atoms with Gasteiger partial charge in [-0.3, -0.25) is 9.59 Å². The Morgan fingerprint density at radius 1 is 1.41 bits per heavy atom. The molecule has 0 unspecified atom stereocenters. The average Bonchev–Trinajstić information content (AvgIpc) is 3.24. The highest BCUT2D eigenvalue weighted by atomic mass is 35.5. The van der Waals surface area contributed by atoms with Crippen molar-refractivity contribution in [3.8, 4) is 17.5 Å². The highest BCUT2D eigenvalue weighted by Crippen LogP contribution is 2.31. The second-order valence-electron chi connectivity index (χ2n) is 5.95. The topological polar surface area (TPSA) is 99.2 Å². The zero-order valence-electron chi connectivity index (χ0n) is 13.8. The third-order valence-electron chi connectivity index (χ3n) is 3.97. The summed E-state index contributed by atoms with van der Waals surface area (Å²) < 4.78 is 32.0. The normalized spacial score (nSPS) is 18.1. The quantitative estimate of drug-likeness (QED) is 0.858. The van der Waals surface area contributed by atoms with Gasteiger partial charge in [0.05, 0.1) is 19.2 Å². The number of benzene rings is 1. The smallest absolute Gasteiger partial charge is 0.273 e. The molecule has 0 spiro atoms. The molecule has 27 heavy (non-hydrogen) atoms. The summed E-state index contributed by atoms with van der Waals surface area (Å²) in [7, 11) is 0. The van der Waals surface area contributed by atoms with Crippen molar-refractivity contribution in [3.63, 3.8) is 0 Å². The number of alkyl halides is 2. The van der Waals surface area contributed by atoms with Gasteiger partial charge in [0.25, 0.3) is 11.8 Å². The van der Waals surface area contributed by atoms with Crippen LogP contribution in [0.4, 0.5) is 8.78 Å². The van der Waals surface area contributed by atoms with Gasteiger partial charge in [0.15, 0.2) is 5.69 Å². The maximum atomic E-state index is 13.4. The SMILES string of the molecule is N#C[C@@H]1CC(F)(F)CN1C(=O)CNC(=O)c1coc(-c2ccc(Cl)cc2)n1. The molecule has 7 nitrogen and oxygen atoms in total. The first-order chi connectivity index (χ1) is 12.8. The van der Waals surface area contributed by atoms with Crippen molar-refractivity contribution in [1.82, 2.24) is 15.2 Å². The fourth-order valence-corrected chi connectivity index (χ4v) is 2.77. The Hall–Kier alpha value is -2.99. The van der Waals surface area contributed by atoms with E-state index in [1.54, 1.807) is 30.3 Å². The van der Waals surface area contributed by atoms with Crippen LogP contribution in [0.5, 0.6) is 0 Å². The van der Waals surface area contributed by atoms with Gasteiger partial charge in [-0.2, -0.15) is 5.26 Å². The predicted octanol–water partition coefficient (Wildman–Crippen LogP) is 2.48. The van der Waals surface area contributed by atoms with Crippen molar-refractivity contribution in [2.45, 2.75) is 18.4 Å². The number of nitrogens with one attached hydrogen (secondary N) is 1. The standard InChI is InChI=1S/C17H13ClF2N4O3/c18-11-3-1-10(2-4-11)16-23-13(8-27-16)15(26)22-7-14(25)24-9-17(19,20)5-12(24)6-21/h1-4,8,12H,5,7,9H2,(H,22,26)/t12-/m0/s1. The van der Waals surface area contributed by atoms with Crippen LogP contribution in [-0.2, 0) is 4.79 Å². The number of likely N-dealkylation sites (tertiary alicyclic amines) is 1. The molecule has 1 aromatic heterocycles. The van der Waals surface area contributed by atoms with Crippen LogP contribution in [0.25, 0.3) is 11.5 Å². The van der Waals surface area contributed by atoms with Crippen LogP contribution in [0, 0.1) is 11.3 Å². The lowest BCUT2D eigenvalue weighted by Gasteiger charge is -2.19. The Morgan fingerprint density at radius 2 is 2.11 bits per heavy atom. The van der Waals surface area contributed by atoms with Crippen LogP contribution in [0.1, 0.15) is 16.9 Å². The number of carbonyl (C=O) groups is 2. The van der Waals surface area contributed by atoms with Crippen molar-refractivity contribution in [2.75, 3.05) is 13.1 Å².